The van der Waals surface area contributed by atoms with E-state index < -0.39 is 12.0 Å². The topological polar surface area (TPSA) is 76.7 Å². The first-order valence-corrected chi connectivity index (χ1v) is 10.6. The summed E-state index contributed by atoms with van der Waals surface area (Å²) in [5.41, 5.74) is 1.22. The van der Waals surface area contributed by atoms with Crippen LogP contribution in [0.5, 0.6) is 11.5 Å². The van der Waals surface area contributed by atoms with Gasteiger partial charge in [0, 0.05) is 16.8 Å². The Balaban J connectivity index is 1.69. The summed E-state index contributed by atoms with van der Waals surface area (Å²) in [6.07, 6.45) is -0.834. The molecule has 0 aliphatic heterocycles. The van der Waals surface area contributed by atoms with Crippen molar-refractivity contribution in [3.05, 3.63) is 81.3 Å². The fourth-order valence-electron chi connectivity index (χ4n) is 2.77. The Labute approximate surface area is 200 Å². The molecule has 0 unspecified atom stereocenters. The van der Waals surface area contributed by atoms with Crippen LogP contribution < -0.4 is 20.1 Å². The van der Waals surface area contributed by atoms with Gasteiger partial charge in [0.15, 0.2) is 6.10 Å². The number of hydrogen-bond acceptors (Lipinski definition) is 4. The van der Waals surface area contributed by atoms with Crippen molar-refractivity contribution in [2.45, 2.75) is 13.0 Å². The second-order valence-electron chi connectivity index (χ2n) is 6.67. The molecule has 1 atom stereocenters. The van der Waals surface area contributed by atoms with Crippen LogP contribution in [-0.2, 0) is 4.79 Å². The molecule has 2 amide bonds. The Bertz CT molecular complexity index is 1150. The number of nitrogens with one attached hydrogen (secondary N) is 2. The van der Waals surface area contributed by atoms with Gasteiger partial charge >= 0.3 is 0 Å². The summed E-state index contributed by atoms with van der Waals surface area (Å²) in [6, 6.07) is 16.3. The minimum Gasteiger partial charge on any atom is -0.494 e. The first kappa shape index (κ1) is 23.7. The molecule has 166 valence electrons. The van der Waals surface area contributed by atoms with Crippen molar-refractivity contribution < 1.29 is 19.1 Å². The summed E-state index contributed by atoms with van der Waals surface area (Å²) in [4.78, 5) is 25.1. The zero-order valence-electron chi connectivity index (χ0n) is 17.1. The second kappa shape index (κ2) is 10.6. The van der Waals surface area contributed by atoms with E-state index in [2.05, 4.69) is 10.6 Å². The lowest BCUT2D eigenvalue weighted by atomic mass is 10.2. The molecule has 0 bridgehead atoms. The zero-order valence-corrected chi connectivity index (χ0v) is 19.4. The third kappa shape index (κ3) is 5.85. The van der Waals surface area contributed by atoms with Crippen LogP contribution in [0.4, 0.5) is 11.4 Å². The molecule has 3 rings (SSSR count). The number of halogens is 3. The minimum absolute atomic E-state index is 0.303. The van der Waals surface area contributed by atoms with Gasteiger partial charge in [-0.2, -0.15) is 0 Å². The summed E-state index contributed by atoms with van der Waals surface area (Å²) >= 11 is 18.0. The molecule has 0 saturated heterocycles. The SMILES string of the molecule is COc1cc(NC(=O)[C@H](C)Oc2ccc(Cl)cc2Cl)ccc1NC(=O)c1ccccc1Cl. The Kier molecular flexibility index (Phi) is 7.85. The van der Waals surface area contributed by atoms with Crippen LogP contribution >= 0.6 is 34.8 Å². The van der Waals surface area contributed by atoms with Crippen molar-refractivity contribution in [3.63, 3.8) is 0 Å². The van der Waals surface area contributed by atoms with Gasteiger partial charge in [-0.1, -0.05) is 46.9 Å². The van der Waals surface area contributed by atoms with Gasteiger partial charge in [-0.15, -0.1) is 0 Å². The van der Waals surface area contributed by atoms with E-state index in [-0.39, 0.29) is 5.91 Å². The molecular formula is C23H19Cl3N2O4. The summed E-state index contributed by atoms with van der Waals surface area (Å²) in [5, 5.41) is 6.60. The van der Waals surface area contributed by atoms with E-state index >= 15 is 0 Å². The number of rotatable bonds is 7. The number of carbonyl (C=O) groups excluding carboxylic acids is 2. The molecule has 3 aromatic carbocycles. The van der Waals surface area contributed by atoms with Crippen molar-refractivity contribution in [1.29, 1.82) is 0 Å². The fourth-order valence-corrected chi connectivity index (χ4v) is 3.44. The lowest BCUT2D eigenvalue weighted by molar-refractivity contribution is -0.122. The van der Waals surface area contributed by atoms with Crippen molar-refractivity contribution in [3.8, 4) is 11.5 Å². The molecule has 0 aliphatic carbocycles. The molecule has 0 fully saturated rings. The average Bonchev–Trinajstić information content (AvgIpc) is 2.76. The van der Waals surface area contributed by atoms with Gasteiger partial charge in [0.05, 0.1) is 28.4 Å². The summed E-state index contributed by atoms with van der Waals surface area (Å²) < 4.78 is 11.0. The van der Waals surface area contributed by atoms with Crippen LogP contribution in [0.25, 0.3) is 0 Å². The molecule has 2 N–H and O–H groups in total. The highest BCUT2D eigenvalue weighted by molar-refractivity contribution is 6.35. The van der Waals surface area contributed by atoms with Crippen LogP contribution in [0.3, 0.4) is 0 Å². The maximum atomic E-state index is 12.5. The van der Waals surface area contributed by atoms with Gasteiger partial charge in [0.1, 0.15) is 11.5 Å². The third-order valence-electron chi connectivity index (χ3n) is 4.40. The second-order valence-corrected chi connectivity index (χ2v) is 7.92. The lowest BCUT2D eigenvalue weighted by Gasteiger charge is -2.17. The van der Waals surface area contributed by atoms with Crippen LogP contribution in [0, 0.1) is 0 Å². The highest BCUT2D eigenvalue weighted by Crippen LogP contribution is 2.30. The summed E-state index contributed by atoms with van der Waals surface area (Å²) in [6.45, 7) is 1.59. The van der Waals surface area contributed by atoms with Gasteiger partial charge < -0.3 is 20.1 Å². The first-order chi connectivity index (χ1) is 15.3. The van der Waals surface area contributed by atoms with E-state index in [4.69, 9.17) is 44.3 Å². The van der Waals surface area contributed by atoms with E-state index in [0.717, 1.165) is 0 Å². The number of carbonyl (C=O) groups is 2. The maximum Gasteiger partial charge on any atom is 0.265 e. The predicted molar refractivity (Wildman–Crippen MR) is 128 cm³/mol. The van der Waals surface area contributed by atoms with Gasteiger partial charge in [0.25, 0.3) is 11.8 Å². The minimum atomic E-state index is -0.834. The smallest absolute Gasteiger partial charge is 0.265 e. The van der Waals surface area contributed by atoms with Crippen LogP contribution in [0.2, 0.25) is 15.1 Å². The normalized spacial score (nSPS) is 11.4. The molecule has 0 aliphatic rings. The van der Waals surface area contributed by atoms with E-state index in [0.29, 0.717) is 43.5 Å². The van der Waals surface area contributed by atoms with Gasteiger partial charge in [-0.05, 0) is 49.4 Å². The Morgan fingerprint density at radius 3 is 2.31 bits per heavy atom. The first-order valence-electron chi connectivity index (χ1n) is 9.45. The molecule has 0 spiro atoms. The lowest BCUT2D eigenvalue weighted by Crippen LogP contribution is -2.30. The molecule has 3 aromatic rings. The number of anilines is 2. The Morgan fingerprint density at radius 1 is 0.875 bits per heavy atom. The number of ether oxygens (including phenoxy) is 2. The largest absolute Gasteiger partial charge is 0.494 e. The quantitative estimate of drug-likeness (QED) is 0.404. The van der Waals surface area contributed by atoms with E-state index in [9.17, 15) is 9.59 Å². The van der Waals surface area contributed by atoms with Crippen molar-refractivity contribution >= 4 is 58.0 Å². The monoisotopic (exact) mass is 492 g/mol. The average molecular weight is 494 g/mol. The van der Waals surface area contributed by atoms with Crippen molar-refractivity contribution in [2.75, 3.05) is 17.7 Å². The molecule has 6 nitrogen and oxygen atoms in total. The highest BCUT2D eigenvalue weighted by Gasteiger charge is 2.18. The standard InChI is InChI=1S/C23H19Cl3N2O4/c1-13(32-20-10-7-14(24)11-18(20)26)22(29)27-15-8-9-19(21(12-15)31-2)28-23(30)16-5-3-4-6-17(16)25/h3-13H,1-2H3,(H,27,29)(H,28,30)/t13-/m0/s1. The Morgan fingerprint density at radius 2 is 1.62 bits per heavy atom. The molecule has 0 aromatic heterocycles. The predicted octanol–water partition coefficient (Wildman–Crippen LogP) is 6.31. The van der Waals surface area contributed by atoms with Gasteiger partial charge in [0.2, 0.25) is 0 Å². The molecule has 32 heavy (non-hydrogen) atoms. The number of benzene rings is 3. The van der Waals surface area contributed by atoms with E-state index in [1.54, 1.807) is 61.5 Å². The van der Waals surface area contributed by atoms with Crippen molar-refractivity contribution in [2.24, 2.45) is 0 Å². The van der Waals surface area contributed by atoms with Crippen LogP contribution in [0.1, 0.15) is 17.3 Å². The maximum absolute atomic E-state index is 12.5. The summed E-state index contributed by atoms with van der Waals surface area (Å²) in [7, 11) is 1.46. The molecule has 0 saturated carbocycles. The molecular weight excluding hydrogens is 475 g/mol. The third-order valence-corrected chi connectivity index (χ3v) is 5.26. The highest BCUT2D eigenvalue weighted by atomic mass is 35.5. The van der Waals surface area contributed by atoms with Crippen molar-refractivity contribution in [1.82, 2.24) is 0 Å². The molecule has 0 heterocycles. The van der Waals surface area contributed by atoms with Gasteiger partial charge in [-0.25, -0.2) is 0 Å². The molecule has 9 heteroatoms. The Hall–Kier alpha value is -2.93. The number of amides is 2. The zero-order chi connectivity index (χ0) is 23.3. The molecule has 0 radical (unpaired) electrons. The number of methoxy groups -OCH3 is 1. The summed E-state index contributed by atoms with van der Waals surface area (Å²) in [5.74, 6) is -0.0788. The van der Waals surface area contributed by atoms with Crippen LogP contribution in [0.15, 0.2) is 60.7 Å². The van der Waals surface area contributed by atoms with E-state index in [1.807, 2.05) is 0 Å². The number of hydrogen-bond donors (Lipinski definition) is 2. The fraction of sp³-hybridized carbons (Fsp3) is 0.130. The van der Waals surface area contributed by atoms with E-state index in [1.165, 1.54) is 13.2 Å². The van der Waals surface area contributed by atoms with Gasteiger partial charge in [-0.3, -0.25) is 9.59 Å². The van der Waals surface area contributed by atoms with Crippen LogP contribution in [-0.4, -0.2) is 25.0 Å².